The molecule has 3 heterocycles. The van der Waals surface area contributed by atoms with E-state index in [1.165, 1.54) is 12.1 Å². The number of phenols is 1. The zero-order valence-electron chi connectivity index (χ0n) is 22.3. The lowest BCUT2D eigenvalue weighted by atomic mass is 9.93. The number of nitrogens with one attached hydrogen (secondary N) is 4. The highest BCUT2D eigenvalue weighted by Crippen LogP contribution is 2.32. The lowest BCUT2D eigenvalue weighted by Crippen LogP contribution is -2.70. The molecular weight excluding hydrogens is 490 g/mol. The lowest BCUT2D eigenvalue weighted by molar-refractivity contribution is -0.156. The monoisotopic (exact) mass is 529 g/mol. The van der Waals surface area contributed by atoms with E-state index in [1.807, 2.05) is 13.8 Å². The van der Waals surface area contributed by atoms with E-state index in [0.29, 0.717) is 39.1 Å². The molecule has 38 heavy (non-hydrogen) atoms. The summed E-state index contributed by atoms with van der Waals surface area (Å²) in [5, 5.41) is 21.1. The van der Waals surface area contributed by atoms with Crippen molar-refractivity contribution < 1.29 is 29.0 Å². The number of benzene rings is 1. The summed E-state index contributed by atoms with van der Waals surface area (Å²) >= 11 is 0. The Bertz CT molecular complexity index is 1040. The topological polar surface area (TPSA) is 149 Å². The van der Waals surface area contributed by atoms with Gasteiger partial charge in [-0.1, -0.05) is 26.0 Å². The van der Waals surface area contributed by atoms with Crippen LogP contribution in [0.2, 0.25) is 0 Å². The Labute approximate surface area is 223 Å². The van der Waals surface area contributed by atoms with Crippen LogP contribution in [0, 0.1) is 5.92 Å². The summed E-state index contributed by atoms with van der Waals surface area (Å²) in [5.41, 5.74) is 0.231. The highest BCUT2D eigenvalue weighted by atomic mass is 16.5. The van der Waals surface area contributed by atoms with Crippen molar-refractivity contribution in [3.05, 3.63) is 29.8 Å². The highest BCUT2D eigenvalue weighted by molar-refractivity contribution is 5.95. The average molecular weight is 530 g/mol. The Morgan fingerprint density at radius 1 is 0.974 bits per heavy atom. The minimum Gasteiger partial charge on any atom is -0.508 e. The summed E-state index contributed by atoms with van der Waals surface area (Å²) in [7, 11) is 0. The number of carbonyl (C=O) groups excluding carboxylic acids is 4. The predicted octanol–water partition coefficient (Wildman–Crippen LogP) is -0.182. The van der Waals surface area contributed by atoms with Gasteiger partial charge in [0.05, 0.1) is 24.8 Å². The molecule has 11 heteroatoms. The molecule has 4 atom stereocenters. The van der Waals surface area contributed by atoms with E-state index < -0.39 is 41.5 Å². The summed E-state index contributed by atoms with van der Waals surface area (Å²) in [6.07, 6.45) is 1.99. The smallest absolute Gasteiger partial charge is 0.243 e. The van der Waals surface area contributed by atoms with Crippen LogP contribution in [0.25, 0.3) is 0 Å². The molecule has 11 nitrogen and oxygen atoms in total. The van der Waals surface area contributed by atoms with E-state index in [9.17, 15) is 24.3 Å². The minimum absolute atomic E-state index is 0.0907. The molecule has 1 aromatic carbocycles. The first-order valence-corrected chi connectivity index (χ1v) is 13.4. The molecule has 0 aromatic heterocycles. The lowest BCUT2D eigenvalue weighted by Gasteiger charge is -2.50. The number of amides is 4. The Morgan fingerprint density at radius 2 is 1.63 bits per heavy atom. The van der Waals surface area contributed by atoms with E-state index in [2.05, 4.69) is 26.2 Å². The number of carbonyl (C=O) groups is 4. The van der Waals surface area contributed by atoms with Crippen LogP contribution in [0.15, 0.2) is 24.3 Å². The van der Waals surface area contributed by atoms with E-state index in [1.54, 1.807) is 19.1 Å². The molecule has 5 N–H and O–H groups in total. The van der Waals surface area contributed by atoms with Gasteiger partial charge in [0, 0.05) is 13.0 Å². The van der Waals surface area contributed by atoms with Crippen LogP contribution in [0.5, 0.6) is 5.75 Å². The van der Waals surface area contributed by atoms with Crippen LogP contribution < -0.4 is 21.3 Å². The first-order valence-electron chi connectivity index (χ1n) is 13.4. The number of hydrogen-bond acceptors (Lipinski definition) is 7. The number of nitrogens with zero attached hydrogens (tertiary/aromatic N) is 1. The van der Waals surface area contributed by atoms with Gasteiger partial charge >= 0.3 is 0 Å². The molecule has 0 aliphatic carbocycles. The predicted molar refractivity (Wildman–Crippen MR) is 139 cm³/mol. The molecule has 0 unspecified atom stereocenters. The first kappa shape index (κ1) is 27.8. The quantitative estimate of drug-likeness (QED) is 0.363. The van der Waals surface area contributed by atoms with Crippen molar-refractivity contribution in [2.45, 2.75) is 76.2 Å². The molecule has 4 rings (SSSR count). The largest absolute Gasteiger partial charge is 0.508 e. The van der Waals surface area contributed by atoms with E-state index >= 15 is 0 Å². The van der Waals surface area contributed by atoms with Crippen LogP contribution in [0.1, 0.15) is 45.6 Å². The summed E-state index contributed by atoms with van der Waals surface area (Å²) < 4.78 is 5.53. The number of fused-ring (bicyclic) bond motifs is 2. The van der Waals surface area contributed by atoms with Gasteiger partial charge in [-0.25, -0.2) is 0 Å². The van der Waals surface area contributed by atoms with Crippen molar-refractivity contribution in [1.82, 2.24) is 26.2 Å². The van der Waals surface area contributed by atoms with Gasteiger partial charge in [0.15, 0.2) is 0 Å². The van der Waals surface area contributed by atoms with Crippen LogP contribution in [-0.4, -0.2) is 89.6 Å². The van der Waals surface area contributed by atoms with Crippen molar-refractivity contribution in [1.29, 1.82) is 0 Å². The van der Waals surface area contributed by atoms with Gasteiger partial charge in [0.25, 0.3) is 0 Å². The Morgan fingerprint density at radius 3 is 2.26 bits per heavy atom. The van der Waals surface area contributed by atoms with E-state index in [-0.39, 0.29) is 29.9 Å². The van der Waals surface area contributed by atoms with Crippen molar-refractivity contribution in [2.75, 3.05) is 26.3 Å². The average Bonchev–Trinajstić information content (AvgIpc) is 3.33. The van der Waals surface area contributed by atoms with Crippen molar-refractivity contribution in [2.24, 2.45) is 5.92 Å². The molecular formula is C27H39N5O6. The summed E-state index contributed by atoms with van der Waals surface area (Å²) in [6.45, 7) is 7.22. The number of phenolic OH excluding ortho intramolecular Hbond substituents is 1. The maximum atomic E-state index is 13.6. The molecule has 3 aliphatic heterocycles. The molecule has 3 fully saturated rings. The van der Waals surface area contributed by atoms with Crippen LogP contribution in [0.4, 0.5) is 0 Å². The molecule has 1 spiro atoms. The van der Waals surface area contributed by atoms with E-state index in [0.717, 1.165) is 12.0 Å². The maximum Gasteiger partial charge on any atom is 0.243 e. The summed E-state index contributed by atoms with van der Waals surface area (Å²) in [5.74, 6) is -1.35. The van der Waals surface area contributed by atoms with Gasteiger partial charge in [-0.2, -0.15) is 0 Å². The van der Waals surface area contributed by atoms with Gasteiger partial charge in [-0.3, -0.25) is 24.1 Å². The van der Waals surface area contributed by atoms with Crippen molar-refractivity contribution in [3.63, 3.8) is 0 Å². The van der Waals surface area contributed by atoms with Crippen LogP contribution in [0.3, 0.4) is 0 Å². The first-order chi connectivity index (χ1) is 18.1. The molecule has 3 aliphatic rings. The van der Waals surface area contributed by atoms with Gasteiger partial charge < -0.3 is 31.1 Å². The fourth-order valence-electron chi connectivity index (χ4n) is 5.42. The molecule has 4 amide bonds. The van der Waals surface area contributed by atoms with Crippen molar-refractivity contribution >= 4 is 23.6 Å². The van der Waals surface area contributed by atoms with Gasteiger partial charge in [0.2, 0.25) is 23.6 Å². The van der Waals surface area contributed by atoms with Crippen LogP contribution in [-0.2, 0) is 30.3 Å². The second-order valence-corrected chi connectivity index (χ2v) is 11.1. The normalized spacial score (nSPS) is 28.8. The number of aromatic hydroxyl groups is 1. The molecule has 3 saturated heterocycles. The fraction of sp³-hybridized carbons (Fsp3) is 0.630. The summed E-state index contributed by atoms with van der Waals surface area (Å²) in [6, 6.07) is 3.36. The number of ether oxygens (including phenoxy) is 1. The Kier molecular flexibility index (Phi) is 8.57. The highest BCUT2D eigenvalue weighted by Gasteiger charge is 2.51. The zero-order valence-corrected chi connectivity index (χ0v) is 22.3. The van der Waals surface area contributed by atoms with Crippen molar-refractivity contribution in [3.8, 4) is 5.75 Å². The van der Waals surface area contributed by atoms with Gasteiger partial charge in [-0.15, -0.1) is 0 Å². The number of rotatable bonds is 4. The molecule has 208 valence electrons. The third kappa shape index (κ3) is 6.27. The van der Waals surface area contributed by atoms with Crippen LogP contribution >= 0.6 is 0 Å². The standard InChI is InChI=1S/C27H39N5O6/c1-16(2)11-20-24(35)29-17(3)23(34)28-13-27(14-38-15-27)32-10-4-5-22(32)26(37)31-21(25(36)30-20)12-18-6-8-19(33)9-7-18/h6-9,16-17,20-22,33H,4-5,10-15H2,1-3H3,(H,28,34)(H,29,35)(H,30,36)(H,31,37)/t17-,20-,21-,22-/m0/s1. The molecule has 0 saturated carbocycles. The van der Waals surface area contributed by atoms with Gasteiger partial charge in [-0.05, 0) is 56.3 Å². The Hall–Kier alpha value is -3.18. The molecule has 1 aromatic rings. The number of hydrogen-bond donors (Lipinski definition) is 5. The second kappa shape index (κ2) is 11.7. The third-order valence-electron chi connectivity index (χ3n) is 7.60. The zero-order chi connectivity index (χ0) is 27.4. The second-order valence-electron chi connectivity index (χ2n) is 11.1. The summed E-state index contributed by atoms with van der Waals surface area (Å²) in [4.78, 5) is 55.3. The van der Waals surface area contributed by atoms with E-state index in [4.69, 9.17) is 4.74 Å². The maximum absolute atomic E-state index is 13.6. The SMILES string of the molecule is CC(C)C[C@@H]1NC(=O)[C@H](Cc2ccc(O)cc2)NC(=O)[C@@H]2CCCN2C2(CNC(=O)[C@H](C)NC1=O)COC2. The Balaban J connectivity index is 1.66. The minimum atomic E-state index is -0.937. The fourth-order valence-corrected chi connectivity index (χ4v) is 5.42. The molecule has 0 radical (unpaired) electrons. The van der Waals surface area contributed by atoms with Gasteiger partial charge in [0.1, 0.15) is 23.9 Å². The molecule has 0 bridgehead atoms. The third-order valence-corrected chi connectivity index (χ3v) is 7.60.